The molecule has 0 fully saturated rings. The number of benzene rings is 1. The zero-order valence-corrected chi connectivity index (χ0v) is 12.3. The SMILES string of the molecule is Cc1cccc(C(=O)O)c1NC(=O)NCCCS(C)=O. The Labute approximate surface area is 120 Å². The van der Waals surface area contributed by atoms with Crippen LogP contribution in [0.1, 0.15) is 22.3 Å². The lowest BCUT2D eigenvalue weighted by molar-refractivity contribution is 0.0698. The number of aryl methyl sites for hydroxylation is 1. The molecular weight excluding hydrogens is 280 g/mol. The Bertz CT molecular complexity index is 531. The lowest BCUT2D eigenvalue weighted by Crippen LogP contribution is -2.31. The van der Waals surface area contributed by atoms with Gasteiger partial charge in [-0.05, 0) is 25.0 Å². The Kier molecular flexibility index (Phi) is 6.17. The number of carboxylic acids is 1. The summed E-state index contributed by atoms with van der Waals surface area (Å²) in [5, 5.41) is 14.2. The molecule has 3 N–H and O–H groups in total. The maximum Gasteiger partial charge on any atom is 0.337 e. The molecule has 1 rings (SSSR count). The molecule has 0 aliphatic heterocycles. The van der Waals surface area contributed by atoms with Crippen molar-refractivity contribution in [3.63, 3.8) is 0 Å². The highest BCUT2D eigenvalue weighted by molar-refractivity contribution is 7.84. The fourth-order valence-electron chi connectivity index (χ4n) is 1.65. The van der Waals surface area contributed by atoms with Crippen LogP contribution >= 0.6 is 0 Å². The fraction of sp³-hybridized carbons (Fsp3) is 0.385. The standard InChI is InChI=1S/C13H18N2O4S/c1-9-5-3-6-10(12(16)17)11(9)15-13(18)14-7-4-8-20(2)19/h3,5-6H,4,7-8H2,1-2H3,(H,16,17)(H2,14,15,18). The molecule has 1 aromatic rings. The average Bonchev–Trinajstić information content (AvgIpc) is 2.36. The number of anilines is 1. The summed E-state index contributed by atoms with van der Waals surface area (Å²) >= 11 is 0. The van der Waals surface area contributed by atoms with Gasteiger partial charge in [-0.15, -0.1) is 0 Å². The topological polar surface area (TPSA) is 95.5 Å². The molecule has 110 valence electrons. The molecule has 1 unspecified atom stereocenters. The van der Waals surface area contributed by atoms with Crippen molar-refractivity contribution in [2.24, 2.45) is 0 Å². The summed E-state index contributed by atoms with van der Waals surface area (Å²) in [5.41, 5.74) is 1.01. The molecule has 0 saturated heterocycles. The predicted octanol–water partition coefficient (Wildman–Crippen LogP) is 1.58. The summed E-state index contributed by atoms with van der Waals surface area (Å²) in [6.45, 7) is 2.11. The number of aromatic carboxylic acids is 1. The summed E-state index contributed by atoms with van der Waals surface area (Å²) in [7, 11) is -0.881. The zero-order chi connectivity index (χ0) is 15.1. The van der Waals surface area contributed by atoms with Gasteiger partial charge >= 0.3 is 12.0 Å². The molecule has 7 heteroatoms. The van der Waals surface area contributed by atoms with Crippen LogP contribution in [-0.2, 0) is 10.8 Å². The minimum atomic E-state index is -1.09. The molecule has 1 atom stereocenters. The van der Waals surface area contributed by atoms with E-state index in [4.69, 9.17) is 5.11 Å². The molecule has 0 bridgehead atoms. The lowest BCUT2D eigenvalue weighted by atomic mass is 10.1. The molecular formula is C13H18N2O4S. The Morgan fingerprint density at radius 1 is 1.35 bits per heavy atom. The molecule has 0 heterocycles. The molecule has 0 aliphatic rings. The quantitative estimate of drug-likeness (QED) is 0.695. The van der Waals surface area contributed by atoms with Crippen molar-refractivity contribution >= 4 is 28.5 Å². The Hall–Kier alpha value is -1.89. The highest BCUT2D eigenvalue weighted by atomic mass is 32.2. The van der Waals surface area contributed by atoms with Crippen molar-refractivity contribution in [3.05, 3.63) is 29.3 Å². The van der Waals surface area contributed by atoms with Gasteiger partial charge in [0.15, 0.2) is 0 Å². The number of amides is 2. The van der Waals surface area contributed by atoms with Crippen LogP contribution in [0, 0.1) is 6.92 Å². The number of hydrogen-bond donors (Lipinski definition) is 3. The summed E-state index contributed by atoms with van der Waals surface area (Å²) in [6, 6.07) is 4.31. The molecule has 0 saturated carbocycles. The lowest BCUT2D eigenvalue weighted by Gasteiger charge is -2.12. The number of nitrogens with one attached hydrogen (secondary N) is 2. The van der Waals surface area contributed by atoms with E-state index >= 15 is 0 Å². The van der Waals surface area contributed by atoms with Gasteiger partial charge in [-0.3, -0.25) is 4.21 Å². The van der Waals surface area contributed by atoms with Gasteiger partial charge in [0.25, 0.3) is 0 Å². The molecule has 20 heavy (non-hydrogen) atoms. The van der Waals surface area contributed by atoms with Crippen LogP contribution in [0.15, 0.2) is 18.2 Å². The van der Waals surface area contributed by atoms with Gasteiger partial charge in [-0.1, -0.05) is 12.1 Å². The largest absolute Gasteiger partial charge is 0.478 e. The second-order valence-corrected chi connectivity index (χ2v) is 5.87. The van der Waals surface area contributed by atoms with Gasteiger partial charge in [0.1, 0.15) is 0 Å². The van der Waals surface area contributed by atoms with Crippen molar-refractivity contribution in [1.82, 2.24) is 5.32 Å². The van der Waals surface area contributed by atoms with Crippen molar-refractivity contribution in [3.8, 4) is 0 Å². The molecule has 2 amide bonds. The first-order chi connectivity index (χ1) is 9.41. The third kappa shape index (κ3) is 5.00. The predicted molar refractivity (Wildman–Crippen MR) is 78.7 cm³/mol. The number of carboxylic acid groups (broad SMARTS) is 1. The van der Waals surface area contributed by atoms with Crippen LogP contribution in [0.5, 0.6) is 0 Å². The zero-order valence-electron chi connectivity index (χ0n) is 11.4. The van der Waals surface area contributed by atoms with Gasteiger partial charge in [0, 0.05) is 29.4 Å². The van der Waals surface area contributed by atoms with E-state index < -0.39 is 22.8 Å². The highest BCUT2D eigenvalue weighted by Crippen LogP contribution is 2.20. The summed E-state index contributed by atoms with van der Waals surface area (Å²) < 4.78 is 10.9. The van der Waals surface area contributed by atoms with Crippen molar-refractivity contribution in [2.45, 2.75) is 13.3 Å². The first-order valence-corrected chi connectivity index (χ1v) is 7.82. The smallest absolute Gasteiger partial charge is 0.337 e. The number of carbonyl (C=O) groups is 2. The number of para-hydroxylation sites is 1. The minimum Gasteiger partial charge on any atom is -0.478 e. The molecule has 0 spiro atoms. The van der Waals surface area contributed by atoms with Gasteiger partial charge in [0.05, 0.1) is 11.3 Å². The minimum absolute atomic E-state index is 0.0508. The number of carbonyl (C=O) groups excluding carboxylic acids is 1. The number of rotatable bonds is 6. The van der Waals surface area contributed by atoms with Crippen LogP contribution in [0.4, 0.5) is 10.5 Å². The summed E-state index contributed by atoms with van der Waals surface area (Å²) in [4.78, 5) is 22.8. The van der Waals surface area contributed by atoms with E-state index in [1.54, 1.807) is 25.3 Å². The van der Waals surface area contributed by atoms with E-state index in [0.29, 0.717) is 24.3 Å². The van der Waals surface area contributed by atoms with Gasteiger partial charge < -0.3 is 15.7 Å². The molecule has 0 radical (unpaired) electrons. The third-order valence-electron chi connectivity index (χ3n) is 2.64. The van der Waals surface area contributed by atoms with Crippen LogP contribution in [0.25, 0.3) is 0 Å². The number of hydrogen-bond acceptors (Lipinski definition) is 3. The second kappa shape index (κ2) is 7.64. The van der Waals surface area contributed by atoms with Crippen LogP contribution in [0.2, 0.25) is 0 Å². The molecule has 1 aromatic carbocycles. The average molecular weight is 298 g/mol. The van der Waals surface area contributed by atoms with Gasteiger partial charge in [-0.25, -0.2) is 9.59 Å². The Balaban J connectivity index is 2.62. The molecule has 6 nitrogen and oxygen atoms in total. The highest BCUT2D eigenvalue weighted by Gasteiger charge is 2.13. The molecule has 0 aliphatic carbocycles. The normalized spacial score (nSPS) is 11.7. The Morgan fingerprint density at radius 2 is 2.05 bits per heavy atom. The van der Waals surface area contributed by atoms with Crippen molar-refractivity contribution < 1.29 is 18.9 Å². The van der Waals surface area contributed by atoms with E-state index in [9.17, 15) is 13.8 Å². The third-order valence-corrected chi connectivity index (χ3v) is 3.50. The van der Waals surface area contributed by atoms with Crippen molar-refractivity contribution in [2.75, 3.05) is 23.9 Å². The maximum atomic E-state index is 11.7. The number of urea groups is 1. The first-order valence-electron chi connectivity index (χ1n) is 6.09. The van der Waals surface area contributed by atoms with E-state index in [-0.39, 0.29) is 11.3 Å². The van der Waals surface area contributed by atoms with Gasteiger partial charge in [-0.2, -0.15) is 0 Å². The van der Waals surface area contributed by atoms with E-state index in [2.05, 4.69) is 10.6 Å². The van der Waals surface area contributed by atoms with Crippen LogP contribution in [0.3, 0.4) is 0 Å². The summed E-state index contributed by atoms with van der Waals surface area (Å²) in [5.74, 6) is -0.573. The Morgan fingerprint density at radius 3 is 2.65 bits per heavy atom. The van der Waals surface area contributed by atoms with E-state index in [0.717, 1.165) is 0 Å². The van der Waals surface area contributed by atoms with E-state index in [1.807, 2.05) is 0 Å². The summed E-state index contributed by atoms with van der Waals surface area (Å²) in [6.07, 6.45) is 2.21. The van der Waals surface area contributed by atoms with Crippen molar-refractivity contribution in [1.29, 1.82) is 0 Å². The van der Waals surface area contributed by atoms with E-state index in [1.165, 1.54) is 6.07 Å². The first kappa shape index (κ1) is 16.2. The second-order valence-electron chi connectivity index (χ2n) is 4.31. The molecule has 0 aromatic heterocycles. The fourth-order valence-corrected chi connectivity index (χ4v) is 2.20. The van der Waals surface area contributed by atoms with Crippen LogP contribution in [-0.4, -0.2) is 39.9 Å². The maximum absolute atomic E-state index is 11.7. The monoisotopic (exact) mass is 298 g/mol. The van der Waals surface area contributed by atoms with Gasteiger partial charge in [0.2, 0.25) is 0 Å². The van der Waals surface area contributed by atoms with Crippen LogP contribution < -0.4 is 10.6 Å².